The molecule has 0 saturated carbocycles. The van der Waals surface area contributed by atoms with E-state index in [2.05, 4.69) is 36.3 Å². The van der Waals surface area contributed by atoms with Gasteiger partial charge in [-0.1, -0.05) is 6.07 Å². The van der Waals surface area contributed by atoms with Crippen molar-refractivity contribution in [2.24, 2.45) is 0 Å². The van der Waals surface area contributed by atoms with E-state index >= 15 is 0 Å². The van der Waals surface area contributed by atoms with E-state index in [-0.39, 0.29) is 0 Å². The first-order valence-electron chi connectivity index (χ1n) is 3.35. The molecule has 12 heavy (non-hydrogen) atoms. The Morgan fingerprint density at radius 2 is 2.17 bits per heavy atom. The number of nitrogens with one attached hydrogen (secondary N) is 1. The third-order valence-electron chi connectivity index (χ3n) is 1.39. The lowest BCUT2D eigenvalue weighted by Crippen LogP contribution is -1.83. The Morgan fingerprint density at radius 1 is 1.25 bits per heavy atom. The molecule has 1 N–H and O–H groups in total. The lowest BCUT2D eigenvalue weighted by atomic mass is 10.3. The lowest BCUT2D eigenvalue weighted by molar-refractivity contribution is 0.940. The predicted octanol–water partition coefficient (Wildman–Crippen LogP) is 1.63. The molecular formula is C7H5BrN4. The van der Waals surface area contributed by atoms with E-state index in [1.54, 1.807) is 6.20 Å². The Bertz CT molecular complexity index is 371. The summed E-state index contributed by atoms with van der Waals surface area (Å²) < 4.78 is 0.794. The normalized spacial score (nSPS) is 10.1. The maximum atomic E-state index is 4.21. The second-order valence-corrected chi connectivity index (χ2v) is 3.01. The summed E-state index contributed by atoms with van der Waals surface area (Å²) in [6.07, 6.45) is 1.63. The predicted molar refractivity (Wildman–Crippen MR) is 47.3 cm³/mol. The SMILES string of the molecule is Brc1cccc(-c2cn[nH]n2)n1. The largest absolute Gasteiger partial charge is 0.239 e. The number of H-pyrrole nitrogens is 1. The van der Waals surface area contributed by atoms with Crippen molar-refractivity contribution in [3.63, 3.8) is 0 Å². The van der Waals surface area contributed by atoms with Crippen LogP contribution in [0.2, 0.25) is 0 Å². The molecule has 2 aromatic rings. The van der Waals surface area contributed by atoms with Crippen LogP contribution >= 0.6 is 15.9 Å². The smallest absolute Gasteiger partial charge is 0.131 e. The molecule has 0 saturated heterocycles. The second kappa shape index (κ2) is 3.02. The fourth-order valence-electron chi connectivity index (χ4n) is 0.876. The summed E-state index contributed by atoms with van der Waals surface area (Å²) in [7, 11) is 0. The maximum absolute atomic E-state index is 4.21. The van der Waals surface area contributed by atoms with Gasteiger partial charge in [-0.25, -0.2) is 4.98 Å². The number of aromatic nitrogens is 4. The molecule has 4 nitrogen and oxygen atoms in total. The molecule has 5 heteroatoms. The molecular weight excluding hydrogens is 220 g/mol. The molecule has 0 atom stereocenters. The molecule has 0 aliphatic rings. The van der Waals surface area contributed by atoms with Gasteiger partial charge in [0.1, 0.15) is 10.3 Å². The summed E-state index contributed by atoms with van der Waals surface area (Å²) in [6.45, 7) is 0. The summed E-state index contributed by atoms with van der Waals surface area (Å²) in [5.74, 6) is 0. The Hall–Kier alpha value is -1.23. The molecule has 2 rings (SSSR count). The molecule has 0 amide bonds. The zero-order chi connectivity index (χ0) is 8.39. The fourth-order valence-corrected chi connectivity index (χ4v) is 1.22. The van der Waals surface area contributed by atoms with Crippen molar-refractivity contribution in [2.45, 2.75) is 0 Å². The first-order valence-corrected chi connectivity index (χ1v) is 4.14. The van der Waals surface area contributed by atoms with Crippen molar-refractivity contribution >= 4 is 15.9 Å². The minimum Gasteiger partial charge on any atom is -0.239 e. The third kappa shape index (κ3) is 1.35. The number of rotatable bonds is 1. The van der Waals surface area contributed by atoms with Crippen LogP contribution in [-0.4, -0.2) is 20.4 Å². The van der Waals surface area contributed by atoms with E-state index in [0.717, 1.165) is 16.0 Å². The first-order chi connectivity index (χ1) is 5.86. The lowest BCUT2D eigenvalue weighted by Gasteiger charge is -1.93. The number of halogens is 1. The van der Waals surface area contributed by atoms with Gasteiger partial charge >= 0.3 is 0 Å². The molecule has 0 aliphatic heterocycles. The van der Waals surface area contributed by atoms with Gasteiger partial charge in [-0.05, 0) is 28.1 Å². The van der Waals surface area contributed by atoms with E-state index in [0.29, 0.717) is 0 Å². The standard InChI is InChI=1S/C7H5BrN4/c8-7-3-1-2-5(10-7)6-4-9-12-11-6/h1-4H,(H,9,11,12). The van der Waals surface area contributed by atoms with Crippen LogP contribution in [0.5, 0.6) is 0 Å². The zero-order valence-corrected chi connectivity index (χ0v) is 7.62. The molecule has 60 valence electrons. The second-order valence-electron chi connectivity index (χ2n) is 2.20. The maximum Gasteiger partial charge on any atom is 0.131 e. The summed E-state index contributed by atoms with van der Waals surface area (Å²) in [5.41, 5.74) is 1.55. The third-order valence-corrected chi connectivity index (χ3v) is 1.83. The molecule has 0 unspecified atom stereocenters. The van der Waals surface area contributed by atoms with Crippen molar-refractivity contribution in [3.05, 3.63) is 29.0 Å². The topological polar surface area (TPSA) is 54.5 Å². The van der Waals surface area contributed by atoms with Gasteiger partial charge in [0.25, 0.3) is 0 Å². The number of nitrogens with zero attached hydrogens (tertiary/aromatic N) is 3. The van der Waals surface area contributed by atoms with Crippen molar-refractivity contribution < 1.29 is 0 Å². The summed E-state index contributed by atoms with van der Waals surface area (Å²) >= 11 is 3.28. The van der Waals surface area contributed by atoms with Crippen LogP contribution in [0.15, 0.2) is 29.0 Å². The summed E-state index contributed by atoms with van der Waals surface area (Å²) in [6, 6.07) is 5.65. The molecule has 0 aromatic carbocycles. The summed E-state index contributed by atoms with van der Waals surface area (Å²) in [5, 5.41) is 10.1. The van der Waals surface area contributed by atoms with Gasteiger partial charge in [0.2, 0.25) is 0 Å². The minimum atomic E-state index is 0.747. The van der Waals surface area contributed by atoms with Crippen LogP contribution in [0.3, 0.4) is 0 Å². The molecule has 0 bridgehead atoms. The van der Waals surface area contributed by atoms with Gasteiger partial charge in [0.15, 0.2) is 0 Å². The number of hydrogen-bond acceptors (Lipinski definition) is 3. The zero-order valence-electron chi connectivity index (χ0n) is 6.03. The van der Waals surface area contributed by atoms with E-state index < -0.39 is 0 Å². The highest BCUT2D eigenvalue weighted by Gasteiger charge is 2.00. The number of aromatic amines is 1. The molecule has 0 fully saturated rings. The fraction of sp³-hybridized carbons (Fsp3) is 0. The van der Waals surface area contributed by atoms with Crippen LogP contribution in [0.1, 0.15) is 0 Å². The van der Waals surface area contributed by atoms with Gasteiger partial charge < -0.3 is 0 Å². The molecule has 2 aromatic heterocycles. The molecule has 2 heterocycles. The van der Waals surface area contributed by atoms with Crippen molar-refractivity contribution in [3.8, 4) is 11.4 Å². The van der Waals surface area contributed by atoms with Gasteiger partial charge in [0.05, 0.1) is 11.9 Å². The number of pyridine rings is 1. The Morgan fingerprint density at radius 3 is 2.83 bits per heavy atom. The van der Waals surface area contributed by atoms with E-state index in [1.165, 1.54) is 0 Å². The average molecular weight is 225 g/mol. The molecule has 0 aliphatic carbocycles. The van der Waals surface area contributed by atoms with Crippen LogP contribution in [-0.2, 0) is 0 Å². The van der Waals surface area contributed by atoms with Crippen molar-refractivity contribution in [2.75, 3.05) is 0 Å². The van der Waals surface area contributed by atoms with Crippen molar-refractivity contribution in [1.82, 2.24) is 20.4 Å². The first kappa shape index (κ1) is 7.42. The number of hydrogen-bond donors (Lipinski definition) is 1. The van der Waals surface area contributed by atoms with E-state index in [9.17, 15) is 0 Å². The van der Waals surface area contributed by atoms with Crippen LogP contribution in [0.25, 0.3) is 11.4 Å². The van der Waals surface area contributed by atoms with Gasteiger partial charge in [-0.2, -0.15) is 15.4 Å². The quantitative estimate of drug-likeness (QED) is 0.750. The highest BCUT2D eigenvalue weighted by atomic mass is 79.9. The van der Waals surface area contributed by atoms with Crippen molar-refractivity contribution in [1.29, 1.82) is 0 Å². The van der Waals surface area contributed by atoms with Crippen LogP contribution in [0.4, 0.5) is 0 Å². The Balaban J connectivity index is 2.48. The Labute approximate surface area is 77.2 Å². The summed E-state index contributed by atoms with van der Waals surface area (Å²) in [4.78, 5) is 4.21. The monoisotopic (exact) mass is 224 g/mol. The highest BCUT2D eigenvalue weighted by Crippen LogP contribution is 2.14. The van der Waals surface area contributed by atoms with E-state index in [4.69, 9.17) is 0 Å². The molecule has 0 radical (unpaired) electrons. The highest BCUT2D eigenvalue weighted by molar-refractivity contribution is 9.10. The average Bonchev–Trinajstić information content (AvgIpc) is 2.56. The Kier molecular flexibility index (Phi) is 1.87. The van der Waals surface area contributed by atoms with Crippen LogP contribution in [0, 0.1) is 0 Å². The molecule has 0 spiro atoms. The van der Waals surface area contributed by atoms with E-state index in [1.807, 2.05) is 18.2 Å². The van der Waals surface area contributed by atoms with Gasteiger partial charge in [0, 0.05) is 0 Å². The van der Waals surface area contributed by atoms with Gasteiger partial charge in [-0.15, -0.1) is 0 Å². The minimum absolute atomic E-state index is 0.747. The van der Waals surface area contributed by atoms with Gasteiger partial charge in [-0.3, -0.25) is 0 Å². The van der Waals surface area contributed by atoms with Crippen LogP contribution < -0.4 is 0 Å².